The number of rotatable bonds is 2. The van der Waals surface area contributed by atoms with Gasteiger partial charge in [-0.25, -0.2) is 4.79 Å². The van der Waals surface area contributed by atoms with Gasteiger partial charge in [0.15, 0.2) is 0 Å². The first kappa shape index (κ1) is 10.2. The third kappa shape index (κ3) is 2.02. The van der Waals surface area contributed by atoms with Gasteiger partial charge in [-0.05, 0) is 31.9 Å². The van der Waals surface area contributed by atoms with E-state index in [1.54, 1.807) is 0 Å². The van der Waals surface area contributed by atoms with Crippen LogP contribution in [0.1, 0.15) is 19.4 Å². The molecular weight excluding hydrogens is 208 g/mol. The highest BCUT2D eigenvalue weighted by Gasteiger charge is 2.06. The van der Waals surface area contributed by atoms with Crippen molar-refractivity contribution < 1.29 is 3.85 Å². The summed E-state index contributed by atoms with van der Waals surface area (Å²) in [6.45, 7) is 4.13. The van der Waals surface area contributed by atoms with Crippen molar-refractivity contribution in [3.63, 3.8) is 0 Å². The maximum Gasteiger partial charge on any atom is 0.356 e. The Labute approximate surface area is 92.1 Å². The molecule has 2 rings (SSSR count). The third-order valence-electron chi connectivity index (χ3n) is 2.25. The minimum atomic E-state index is -0.228. The molecule has 0 aliphatic carbocycles. The van der Waals surface area contributed by atoms with Crippen LogP contribution < -0.4 is 5.63 Å². The van der Waals surface area contributed by atoms with E-state index < -0.39 is 0 Å². The zero-order valence-electron chi connectivity index (χ0n) is 8.74. The predicted octanol–water partition coefficient (Wildman–Crippen LogP) is 3.36. The Bertz CT molecular complexity index is 556. The highest BCUT2D eigenvalue weighted by atomic mass is 32.1. The molecule has 0 N–H and O–H groups in total. The van der Waals surface area contributed by atoms with Crippen LogP contribution in [0.5, 0.6) is 0 Å². The Balaban J connectivity index is 2.52. The molecular formula is C12H12O2S. The molecule has 1 aromatic carbocycles. The Kier molecular flexibility index (Phi) is 2.73. The molecule has 2 aromatic rings. The monoisotopic (exact) mass is 220 g/mol. The second kappa shape index (κ2) is 4.03. The van der Waals surface area contributed by atoms with E-state index in [4.69, 9.17) is 3.85 Å². The molecule has 0 aliphatic rings. The van der Waals surface area contributed by atoms with E-state index in [1.807, 2.05) is 18.2 Å². The van der Waals surface area contributed by atoms with Gasteiger partial charge in [-0.3, -0.25) is 0 Å². The molecule has 1 heterocycles. The van der Waals surface area contributed by atoms with Gasteiger partial charge >= 0.3 is 5.63 Å². The molecule has 1 aromatic heterocycles. The van der Waals surface area contributed by atoms with Crippen LogP contribution in [0, 0.1) is 0 Å². The molecule has 0 fully saturated rings. The van der Waals surface area contributed by atoms with Gasteiger partial charge in [0.1, 0.15) is 0 Å². The zero-order chi connectivity index (χ0) is 10.8. The standard InChI is InChI=1S/C12H12O2S/c1-8(2)6-7-9-4-3-5-10-11(9)15-14-12(10)13/h3-6H,7H2,1-2H3. The van der Waals surface area contributed by atoms with Gasteiger partial charge in [0.2, 0.25) is 0 Å². The second-order valence-electron chi connectivity index (χ2n) is 3.73. The van der Waals surface area contributed by atoms with Crippen molar-refractivity contribution in [3.05, 3.63) is 45.8 Å². The summed E-state index contributed by atoms with van der Waals surface area (Å²) in [5.74, 6) is 0. The van der Waals surface area contributed by atoms with Crippen molar-refractivity contribution in [2.24, 2.45) is 0 Å². The van der Waals surface area contributed by atoms with E-state index in [1.165, 1.54) is 17.2 Å². The summed E-state index contributed by atoms with van der Waals surface area (Å²) in [5.41, 5.74) is 2.21. The molecule has 0 spiro atoms. The van der Waals surface area contributed by atoms with Crippen LogP contribution in [0.4, 0.5) is 0 Å². The first-order chi connectivity index (χ1) is 7.18. The lowest BCUT2D eigenvalue weighted by atomic mass is 10.1. The van der Waals surface area contributed by atoms with Crippen molar-refractivity contribution in [2.75, 3.05) is 0 Å². The predicted molar refractivity (Wildman–Crippen MR) is 63.5 cm³/mol. The van der Waals surface area contributed by atoms with E-state index in [2.05, 4.69) is 19.9 Å². The quantitative estimate of drug-likeness (QED) is 0.726. The summed E-state index contributed by atoms with van der Waals surface area (Å²) in [5, 5.41) is 0.694. The zero-order valence-corrected chi connectivity index (χ0v) is 9.56. The summed E-state index contributed by atoms with van der Waals surface area (Å²) in [6, 6.07) is 5.75. The van der Waals surface area contributed by atoms with E-state index in [9.17, 15) is 4.79 Å². The largest absolute Gasteiger partial charge is 0.361 e. The van der Waals surface area contributed by atoms with Crippen molar-refractivity contribution in [1.82, 2.24) is 0 Å². The molecule has 0 unspecified atom stereocenters. The number of fused-ring (bicyclic) bond motifs is 1. The summed E-state index contributed by atoms with van der Waals surface area (Å²) in [4.78, 5) is 11.3. The average Bonchev–Trinajstić information content (AvgIpc) is 2.58. The van der Waals surface area contributed by atoms with Gasteiger partial charge in [-0.2, -0.15) is 0 Å². The molecule has 3 heteroatoms. The third-order valence-corrected chi connectivity index (χ3v) is 3.13. The highest BCUT2D eigenvalue weighted by Crippen LogP contribution is 2.22. The summed E-state index contributed by atoms with van der Waals surface area (Å²) in [6.07, 6.45) is 3.01. The maximum atomic E-state index is 11.3. The van der Waals surface area contributed by atoms with E-state index in [0.717, 1.165) is 16.7 Å². The number of hydrogen-bond donors (Lipinski definition) is 0. The molecule has 0 amide bonds. The molecule has 15 heavy (non-hydrogen) atoms. The lowest BCUT2D eigenvalue weighted by Gasteiger charge is -1.97. The van der Waals surface area contributed by atoms with E-state index in [-0.39, 0.29) is 5.63 Å². The van der Waals surface area contributed by atoms with Gasteiger partial charge in [-0.1, -0.05) is 23.8 Å². The number of allylic oxidation sites excluding steroid dienone is 2. The molecule has 0 saturated carbocycles. The first-order valence-electron chi connectivity index (χ1n) is 4.82. The first-order valence-corrected chi connectivity index (χ1v) is 5.57. The molecule has 0 saturated heterocycles. The average molecular weight is 220 g/mol. The minimum Gasteiger partial charge on any atom is -0.361 e. The lowest BCUT2D eigenvalue weighted by Crippen LogP contribution is -1.91. The number of hydrogen-bond acceptors (Lipinski definition) is 3. The lowest BCUT2D eigenvalue weighted by molar-refractivity contribution is 0.651. The van der Waals surface area contributed by atoms with Gasteiger partial charge in [0.25, 0.3) is 0 Å². The maximum absolute atomic E-state index is 11.3. The fourth-order valence-corrected chi connectivity index (χ4v) is 2.19. The van der Waals surface area contributed by atoms with Crippen LogP contribution >= 0.6 is 11.6 Å². The van der Waals surface area contributed by atoms with Crippen LogP contribution in [0.25, 0.3) is 10.1 Å². The molecule has 78 valence electrons. The van der Waals surface area contributed by atoms with E-state index in [0.29, 0.717) is 5.39 Å². The molecule has 2 nitrogen and oxygen atoms in total. The highest BCUT2D eigenvalue weighted by molar-refractivity contribution is 7.11. The van der Waals surface area contributed by atoms with Crippen LogP contribution in [-0.4, -0.2) is 0 Å². The van der Waals surface area contributed by atoms with Crippen molar-refractivity contribution in [1.29, 1.82) is 0 Å². The van der Waals surface area contributed by atoms with Crippen molar-refractivity contribution >= 4 is 21.7 Å². The Morgan fingerprint density at radius 3 is 3.00 bits per heavy atom. The topological polar surface area (TPSA) is 30.2 Å². The van der Waals surface area contributed by atoms with Crippen LogP contribution in [-0.2, 0) is 6.42 Å². The van der Waals surface area contributed by atoms with Crippen LogP contribution in [0.15, 0.2) is 38.5 Å². The van der Waals surface area contributed by atoms with Gasteiger partial charge < -0.3 is 3.85 Å². The van der Waals surface area contributed by atoms with Gasteiger partial charge in [-0.15, -0.1) is 0 Å². The Hall–Kier alpha value is -1.35. The Morgan fingerprint density at radius 2 is 2.27 bits per heavy atom. The Morgan fingerprint density at radius 1 is 1.47 bits per heavy atom. The van der Waals surface area contributed by atoms with Crippen LogP contribution in [0.3, 0.4) is 0 Å². The molecule has 0 radical (unpaired) electrons. The summed E-state index contributed by atoms with van der Waals surface area (Å²) >= 11 is 1.18. The molecule has 0 atom stereocenters. The van der Waals surface area contributed by atoms with E-state index >= 15 is 0 Å². The van der Waals surface area contributed by atoms with Gasteiger partial charge in [0.05, 0.1) is 10.1 Å². The van der Waals surface area contributed by atoms with Crippen molar-refractivity contribution in [3.8, 4) is 0 Å². The van der Waals surface area contributed by atoms with Crippen molar-refractivity contribution in [2.45, 2.75) is 20.3 Å². The summed E-state index contributed by atoms with van der Waals surface area (Å²) in [7, 11) is 0. The number of benzene rings is 1. The SMILES string of the molecule is CC(C)=CCc1cccc2c(=O)osc12. The fourth-order valence-electron chi connectivity index (χ4n) is 1.44. The van der Waals surface area contributed by atoms with Crippen LogP contribution in [0.2, 0.25) is 0 Å². The summed E-state index contributed by atoms with van der Waals surface area (Å²) < 4.78 is 5.90. The minimum absolute atomic E-state index is 0.228. The second-order valence-corrected chi connectivity index (χ2v) is 4.48. The molecule has 0 bridgehead atoms. The van der Waals surface area contributed by atoms with Gasteiger partial charge in [0, 0.05) is 11.6 Å². The molecule has 0 aliphatic heterocycles. The smallest absolute Gasteiger partial charge is 0.356 e. The fraction of sp³-hybridized carbons (Fsp3) is 0.250. The normalized spacial score (nSPS) is 10.5.